The Balaban J connectivity index is 0.000000750. The molecule has 14 heavy (non-hydrogen) atoms. The lowest BCUT2D eigenvalue weighted by atomic mass is 10.2. The quantitative estimate of drug-likeness (QED) is 0.401. The third-order valence-electron chi connectivity index (χ3n) is 2.28. The molecule has 0 fully saturated rings. The van der Waals surface area contributed by atoms with Crippen LogP contribution in [-0.4, -0.2) is 0 Å². The average Bonchev–Trinajstić information content (AvgIpc) is 2.66. The predicted molar refractivity (Wildman–Crippen MR) is 58.4 cm³/mol. The predicted octanol–water partition coefficient (Wildman–Crippen LogP) is -0.0555. The summed E-state index contributed by atoms with van der Waals surface area (Å²) in [4.78, 5) is 1.35. The molecule has 0 spiro atoms. The smallest absolute Gasteiger partial charge is 0.269 e. The fourth-order valence-corrected chi connectivity index (χ4v) is 3.33. The van der Waals surface area contributed by atoms with E-state index in [4.69, 9.17) is 0 Å². The van der Waals surface area contributed by atoms with Gasteiger partial charge in [-0.05, 0) is 16.8 Å². The van der Waals surface area contributed by atoms with Crippen LogP contribution in [0, 0.1) is 0 Å². The number of thiophene rings is 2. The summed E-state index contributed by atoms with van der Waals surface area (Å²) in [6.45, 7) is 0. The molecule has 0 aromatic carbocycles. The zero-order valence-corrected chi connectivity index (χ0v) is 11.3. The van der Waals surface area contributed by atoms with Gasteiger partial charge in [-0.1, -0.05) is 11.3 Å². The minimum Gasteiger partial charge on any atom is -1.00 e. The number of halogens is 1. The zero-order valence-electron chi connectivity index (χ0n) is 7.53. The molecule has 0 aliphatic heterocycles. The van der Waals surface area contributed by atoms with Crippen LogP contribution in [0.5, 0.6) is 0 Å². The second-order valence-corrected chi connectivity index (χ2v) is 4.76. The molecule has 72 valence electrons. The highest BCUT2D eigenvalue weighted by atomic mass is 127. The molecule has 0 saturated heterocycles. The van der Waals surface area contributed by atoms with E-state index in [9.17, 15) is 0 Å². The van der Waals surface area contributed by atoms with E-state index < -0.39 is 0 Å². The van der Waals surface area contributed by atoms with Crippen LogP contribution in [0.2, 0.25) is 0 Å². The number of hydrogen-bond acceptors (Lipinski definition) is 2. The van der Waals surface area contributed by atoms with Gasteiger partial charge in [0.25, 0.3) is 4.83 Å². The van der Waals surface area contributed by atoms with Crippen molar-refractivity contribution >= 4 is 43.7 Å². The molecule has 3 heterocycles. The standard InChI is InChI=1S/C10H8NS2.HI/c1-11-4-7-5-12-6-9(7)8-2-3-13-10(8)11;/h2-6H,1H3;1H/q+1;/p-1. The Morgan fingerprint density at radius 1 is 1.21 bits per heavy atom. The Labute approximate surface area is 107 Å². The molecule has 1 nitrogen and oxygen atoms in total. The van der Waals surface area contributed by atoms with Gasteiger partial charge in [-0.3, -0.25) is 0 Å². The monoisotopic (exact) mass is 333 g/mol. The van der Waals surface area contributed by atoms with Crippen molar-refractivity contribution in [3.63, 3.8) is 0 Å². The molecule has 3 aromatic rings. The first-order valence-corrected chi connectivity index (χ1v) is 5.90. The highest BCUT2D eigenvalue weighted by Crippen LogP contribution is 2.28. The molecule has 3 rings (SSSR count). The SMILES string of the molecule is C[n+]1cc2cscc2c2ccsc21.[I-]. The van der Waals surface area contributed by atoms with Gasteiger partial charge in [0, 0.05) is 10.8 Å². The fourth-order valence-electron chi connectivity index (χ4n) is 1.67. The van der Waals surface area contributed by atoms with E-state index in [0.29, 0.717) is 0 Å². The normalized spacial score (nSPS) is 10.6. The van der Waals surface area contributed by atoms with Crippen LogP contribution in [0.3, 0.4) is 0 Å². The van der Waals surface area contributed by atoms with E-state index in [0.717, 1.165) is 0 Å². The van der Waals surface area contributed by atoms with Crippen molar-refractivity contribution in [2.45, 2.75) is 0 Å². The summed E-state index contributed by atoms with van der Waals surface area (Å²) in [6, 6.07) is 2.20. The maximum Gasteiger partial charge on any atom is 0.269 e. The van der Waals surface area contributed by atoms with Crippen molar-refractivity contribution in [1.82, 2.24) is 0 Å². The van der Waals surface area contributed by atoms with E-state index in [2.05, 4.69) is 40.0 Å². The Kier molecular flexibility index (Phi) is 2.77. The van der Waals surface area contributed by atoms with Crippen LogP contribution in [0.1, 0.15) is 0 Å². The van der Waals surface area contributed by atoms with Crippen molar-refractivity contribution in [2.24, 2.45) is 7.05 Å². The topological polar surface area (TPSA) is 3.88 Å². The van der Waals surface area contributed by atoms with Gasteiger partial charge in [-0.25, -0.2) is 0 Å². The van der Waals surface area contributed by atoms with Crippen molar-refractivity contribution in [3.8, 4) is 0 Å². The lowest BCUT2D eigenvalue weighted by molar-refractivity contribution is -0.641. The summed E-state index contributed by atoms with van der Waals surface area (Å²) in [5.74, 6) is 0. The van der Waals surface area contributed by atoms with E-state index >= 15 is 0 Å². The van der Waals surface area contributed by atoms with Gasteiger partial charge in [-0.15, -0.1) is 0 Å². The summed E-state index contributed by atoms with van der Waals surface area (Å²) in [6.07, 6.45) is 2.20. The van der Waals surface area contributed by atoms with Crippen LogP contribution in [0.15, 0.2) is 28.4 Å². The number of rotatable bonds is 0. The molecule has 3 aromatic heterocycles. The third-order valence-corrected chi connectivity index (χ3v) is 4.05. The molecule has 0 amide bonds. The second kappa shape index (κ2) is 3.75. The lowest BCUT2D eigenvalue weighted by Gasteiger charge is -1.91. The summed E-state index contributed by atoms with van der Waals surface area (Å²) in [7, 11) is 2.11. The molecular formula is C10H8INS2. The Morgan fingerprint density at radius 3 is 2.93 bits per heavy atom. The first-order chi connectivity index (χ1) is 6.36. The van der Waals surface area contributed by atoms with Gasteiger partial charge in [0.1, 0.15) is 7.05 Å². The highest BCUT2D eigenvalue weighted by molar-refractivity contribution is 7.16. The van der Waals surface area contributed by atoms with E-state index in [1.165, 1.54) is 21.0 Å². The Bertz CT molecular complexity index is 582. The average molecular weight is 333 g/mol. The first-order valence-electron chi connectivity index (χ1n) is 4.08. The largest absolute Gasteiger partial charge is 1.00 e. The zero-order chi connectivity index (χ0) is 8.84. The lowest BCUT2D eigenvalue weighted by Crippen LogP contribution is -3.00. The minimum absolute atomic E-state index is 0. The first kappa shape index (κ1) is 10.3. The number of hydrogen-bond donors (Lipinski definition) is 0. The summed E-state index contributed by atoms with van der Waals surface area (Å²) < 4.78 is 2.20. The number of fused-ring (bicyclic) bond motifs is 3. The second-order valence-electron chi connectivity index (χ2n) is 3.12. The molecule has 0 unspecified atom stereocenters. The van der Waals surface area contributed by atoms with Gasteiger partial charge in [0.2, 0.25) is 0 Å². The molecule has 4 heteroatoms. The molecule has 0 radical (unpaired) electrons. The molecule has 0 bridgehead atoms. The van der Waals surface area contributed by atoms with Gasteiger partial charge >= 0.3 is 0 Å². The highest BCUT2D eigenvalue weighted by Gasteiger charge is 2.11. The summed E-state index contributed by atoms with van der Waals surface area (Å²) in [5, 5.41) is 10.7. The number of aryl methyl sites for hydroxylation is 1. The van der Waals surface area contributed by atoms with Crippen LogP contribution < -0.4 is 28.5 Å². The van der Waals surface area contributed by atoms with Crippen LogP contribution in [-0.2, 0) is 7.05 Å². The van der Waals surface area contributed by atoms with Crippen molar-refractivity contribution < 1.29 is 28.5 Å². The molecule has 0 atom stereocenters. The van der Waals surface area contributed by atoms with E-state index in [-0.39, 0.29) is 24.0 Å². The van der Waals surface area contributed by atoms with Crippen LogP contribution in [0.25, 0.3) is 21.0 Å². The Hall–Kier alpha value is -0.200. The fraction of sp³-hybridized carbons (Fsp3) is 0.100. The van der Waals surface area contributed by atoms with Gasteiger partial charge < -0.3 is 24.0 Å². The third kappa shape index (κ3) is 1.36. The minimum atomic E-state index is 0. The van der Waals surface area contributed by atoms with Crippen molar-refractivity contribution in [2.75, 3.05) is 0 Å². The molecule has 0 N–H and O–H groups in total. The maximum atomic E-state index is 2.23. The van der Waals surface area contributed by atoms with E-state index in [1.807, 2.05) is 0 Å². The van der Waals surface area contributed by atoms with Crippen LogP contribution >= 0.6 is 22.7 Å². The van der Waals surface area contributed by atoms with Gasteiger partial charge in [0.15, 0.2) is 6.20 Å². The number of aromatic nitrogens is 1. The summed E-state index contributed by atoms with van der Waals surface area (Å²) >= 11 is 3.57. The molecule has 0 saturated carbocycles. The van der Waals surface area contributed by atoms with Gasteiger partial charge in [0.05, 0.1) is 10.8 Å². The van der Waals surface area contributed by atoms with Crippen molar-refractivity contribution in [1.29, 1.82) is 0 Å². The van der Waals surface area contributed by atoms with Crippen LogP contribution in [0.4, 0.5) is 0 Å². The Morgan fingerprint density at radius 2 is 2.07 bits per heavy atom. The van der Waals surface area contributed by atoms with Crippen molar-refractivity contribution in [3.05, 3.63) is 28.4 Å². The number of pyridine rings is 1. The van der Waals surface area contributed by atoms with Gasteiger partial charge in [-0.2, -0.15) is 15.9 Å². The summed E-state index contributed by atoms with van der Waals surface area (Å²) in [5.41, 5.74) is 0. The molecular weight excluding hydrogens is 325 g/mol. The van der Waals surface area contributed by atoms with E-state index in [1.54, 1.807) is 22.7 Å². The molecule has 0 aliphatic carbocycles. The maximum absolute atomic E-state index is 2.23. The number of nitrogens with zero attached hydrogens (tertiary/aromatic N) is 1. The molecule has 0 aliphatic rings.